The van der Waals surface area contributed by atoms with Crippen molar-refractivity contribution in [2.24, 2.45) is 5.73 Å². The predicted molar refractivity (Wildman–Crippen MR) is 54.4 cm³/mol. The van der Waals surface area contributed by atoms with Crippen LogP contribution >= 0.6 is 31.9 Å². The van der Waals surface area contributed by atoms with Crippen molar-refractivity contribution < 1.29 is 0 Å². The second-order valence-corrected chi connectivity index (χ2v) is 4.08. The van der Waals surface area contributed by atoms with Gasteiger partial charge in [-0.1, -0.05) is 12.1 Å². The van der Waals surface area contributed by atoms with Crippen molar-refractivity contribution in [1.29, 1.82) is 0 Å². The van der Waals surface area contributed by atoms with Crippen molar-refractivity contribution in [1.82, 2.24) is 0 Å². The molecule has 0 spiro atoms. The highest BCUT2D eigenvalue weighted by molar-refractivity contribution is 9.13. The molecule has 0 aliphatic heterocycles. The van der Waals surface area contributed by atoms with E-state index >= 15 is 0 Å². The molecular weight excluding hydrogens is 270 g/mol. The van der Waals surface area contributed by atoms with E-state index in [2.05, 4.69) is 31.9 Å². The van der Waals surface area contributed by atoms with Gasteiger partial charge in [-0.05, 0) is 50.4 Å². The lowest BCUT2D eigenvalue weighted by Crippen LogP contribution is -2.05. The van der Waals surface area contributed by atoms with E-state index in [9.17, 15) is 0 Å². The number of nitrogens with two attached hydrogens (primary N) is 1. The van der Waals surface area contributed by atoms with E-state index in [1.165, 1.54) is 0 Å². The topological polar surface area (TPSA) is 26.0 Å². The second kappa shape index (κ2) is 3.70. The lowest BCUT2D eigenvalue weighted by Gasteiger charge is -2.08. The van der Waals surface area contributed by atoms with Gasteiger partial charge in [-0.25, -0.2) is 0 Å². The van der Waals surface area contributed by atoms with E-state index in [-0.39, 0.29) is 6.04 Å². The van der Waals surface area contributed by atoms with Gasteiger partial charge in [-0.15, -0.1) is 0 Å². The van der Waals surface area contributed by atoms with Crippen LogP contribution in [0.15, 0.2) is 27.1 Å². The fourth-order valence-corrected chi connectivity index (χ4v) is 1.88. The summed E-state index contributed by atoms with van der Waals surface area (Å²) in [7, 11) is 0. The minimum absolute atomic E-state index is 0.0712. The smallest absolute Gasteiger partial charge is 0.0365 e. The highest BCUT2D eigenvalue weighted by atomic mass is 79.9. The van der Waals surface area contributed by atoms with E-state index in [0.717, 1.165) is 14.5 Å². The first kappa shape index (κ1) is 9.23. The van der Waals surface area contributed by atoms with Crippen LogP contribution in [0.1, 0.15) is 18.5 Å². The van der Waals surface area contributed by atoms with Gasteiger partial charge in [0.25, 0.3) is 0 Å². The summed E-state index contributed by atoms with van der Waals surface area (Å²) in [6.07, 6.45) is 0. The molecule has 0 aromatic heterocycles. The number of benzene rings is 1. The molecule has 3 heteroatoms. The summed E-state index contributed by atoms with van der Waals surface area (Å²) in [5.74, 6) is 0. The van der Waals surface area contributed by atoms with E-state index in [4.69, 9.17) is 5.73 Å². The van der Waals surface area contributed by atoms with Gasteiger partial charge in [-0.3, -0.25) is 0 Å². The molecule has 0 saturated heterocycles. The van der Waals surface area contributed by atoms with Crippen LogP contribution in [0.25, 0.3) is 0 Å². The summed E-state index contributed by atoms with van der Waals surface area (Å²) >= 11 is 6.87. The standard InChI is InChI=1S/C8H9Br2N/c1-5(11)6-3-2-4-7(9)8(6)10/h2-5H,11H2,1H3. The summed E-state index contributed by atoms with van der Waals surface area (Å²) in [5.41, 5.74) is 6.86. The Kier molecular flexibility index (Phi) is 3.10. The molecule has 60 valence electrons. The number of hydrogen-bond donors (Lipinski definition) is 1. The molecule has 0 bridgehead atoms. The van der Waals surface area contributed by atoms with Crippen LogP contribution in [-0.2, 0) is 0 Å². The highest BCUT2D eigenvalue weighted by Gasteiger charge is 2.05. The van der Waals surface area contributed by atoms with Crippen molar-refractivity contribution in [3.8, 4) is 0 Å². The maximum Gasteiger partial charge on any atom is 0.0365 e. The predicted octanol–water partition coefficient (Wildman–Crippen LogP) is 3.23. The van der Waals surface area contributed by atoms with Crippen molar-refractivity contribution in [3.63, 3.8) is 0 Å². The monoisotopic (exact) mass is 277 g/mol. The molecule has 1 unspecified atom stereocenters. The van der Waals surface area contributed by atoms with Gasteiger partial charge in [0.1, 0.15) is 0 Å². The normalized spacial score (nSPS) is 13.1. The molecule has 1 nitrogen and oxygen atoms in total. The molecule has 2 N–H and O–H groups in total. The third-order valence-corrected chi connectivity index (χ3v) is 3.55. The molecule has 0 amide bonds. The SMILES string of the molecule is CC(N)c1cccc(Br)c1Br. The Bertz CT molecular complexity index is 258. The molecule has 11 heavy (non-hydrogen) atoms. The van der Waals surface area contributed by atoms with Gasteiger partial charge in [0.2, 0.25) is 0 Å². The van der Waals surface area contributed by atoms with Crippen LogP contribution < -0.4 is 5.73 Å². The fourth-order valence-electron chi connectivity index (χ4n) is 0.872. The molecule has 1 rings (SSSR count). The van der Waals surface area contributed by atoms with Crippen molar-refractivity contribution in [2.75, 3.05) is 0 Å². The zero-order valence-corrected chi connectivity index (χ0v) is 9.31. The van der Waals surface area contributed by atoms with Gasteiger partial charge in [0.05, 0.1) is 0 Å². The molecule has 1 atom stereocenters. The van der Waals surface area contributed by atoms with Crippen LogP contribution in [0.2, 0.25) is 0 Å². The molecule has 0 fully saturated rings. The first-order valence-electron chi connectivity index (χ1n) is 3.32. The van der Waals surface area contributed by atoms with Crippen LogP contribution in [0.3, 0.4) is 0 Å². The average Bonchev–Trinajstić information content (AvgIpc) is 1.94. The molecule has 0 aliphatic carbocycles. The Morgan fingerprint density at radius 2 is 2.00 bits per heavy atom. The molecule has 0 saturated carbocycles. The summed E-state index contributed by atoms with van der Waals surface area (Å²) in [6.45, 7) is 1.96. The molecule has 1 aromatic carbocycles. The largest absolute Gasteiger partial charge is 0.324 e. The summed E-state index contributed by atoms with van der Waals surface area (Å²) < 4.78 is 2.10. The zero-order valence-electron chi connectivity index (χ0n) is 6.14. The number of halogens is 2. The Hall–Kier alpha value is 0.140. The number of hydrogen-bond acceptors (Lipinski definition) is 1. The molecule has 0 heterocycles. The summed E-state index contributed by atoms with van der Waals surface area (Å²) in [4.78, 5) is 0. The van der Waals surface area contributed by atoms with Crippen LogP contribution in [0.5, 0.6) is 0 Å². The highest BCUT2D eigenvalue weighted by Crippen LogP contribution is 2.29. The van der Waals surface area contributed by atoms with Crippen LogP contribution in [0.4, 0.5) is 0 Å². The third kappa shape index (κ3) is 2.04. The van der Waals surface area contributed by atoms with Crippen molar-refractivity contribution in [2.45, 2.75) is 13.0 Å². The lowest BCUT2D eigenvalue weighted by atomic mass is 10.1. The van der Waals surface area contributed by atoms with Gasteiger partial charge < -0.3 is 5.73 Å². The van der Waals surface area contributed by atoms with Crippen LogP contribution in [0, 0.1) is 0 Å². The van der Waals surface area contributed by atoms with E-state index in [1.54, 1.807) is 0 Å². The Balaban J connectivity index is 3.17. The minimum Gasteiger partial charge on any atom is -0.324 e. The maximum atomic E-state index is 5.73. The van der Waals surface area contributed by atoms with Crippen LogP contribution in [-0.4, -0.2) is 0 Å². The number of rotatable bonds is 1. The Labute approximate surface area is 83.2 Å². The van der Waals surface area contributed by atoms with Crippen molar-refractivity contribution >= 4 is 31.9 Å². The second-order valence-electron chi connectivity index (χ2n) is 2.43. The lowest BCUT2D eigenvalue weighted by molar-refractivity contribution is 0.812. The summed E-state index contributed by atoms with van der Waals surface area (Å²) in [6, 6.07) is 6.05. The van der Waals surface area contributed by atoms with Gasteiger partial charge in [0, 0.05) is 15.0 Å². The Morgan fingerprint density at radius 1 is 1.36 bits per heavy atom. The maximum absolute atomic E-state index is 5.73. The molecule has 0 aliphatic rings. The van der Waals surface area contributed by atoms with Crippen molar-refractivity contribution in [3.05, 3.63) is 32.7 Å². The molecule has 1 aromatic rings. The van der Waals surface area contributed by atoms with E-state index in [0.29, 0.717) is 0 Å². The van der Waals surface area contributed by atoms with E-state index < -0.39 is 0 Å². The molecular formula is C8H9Br2N. The Morgan fingerprint density at radius 3 is 2.45 bits per heavy atom. The summed E-state index contributed by atoms with van der Waals surface area (Å²) in [5, 5.41) is 0. The van der Waals surface area contributed by atoms with Gasteiger partial charge in [0.15, 0.2) is 0 Å². The first-order chi connectivity index (χ1) is 5.13. The van der Waals surface area contributed by atoms with E-state index in [1.807, 2.05) is 25.1 Å². The average molecular weight is 279 g/mol. The molecule has 0 radical (unpaired) electrons. The first-order valence-corrected chi connectivity index (χ1v) is 4.91. The van der Waals surface area contributed by atoms with Gasteiger partial charge in [-0.2, -0.15) is 0 Å². The minimum atomic E-state index is 0.0712. The quantitative estimate of drug-likeness (QED) is 0.839. The zero-order chi connectivity index (χ0) is 8.43. The van der Waals surface area contributed by atoms with Gasteiger partial charge >= 0.3 is 0 Å². The fraction of sp³-hybridized carbons (Fsp3) is 0.250. The third-order valence-electron chi connectivity index (χ3n) is 1.47.